The lowest BCUT2D eigenvalue weighted by Gasteiger charge is -2.12. The third kappa shape index (κ3) is 4.60. The van der Waals surface area contributed by atoms with Crippen molar-refractivity contribution in [1.82, 2.24) is 19.5 Å². The van der Waals surface area contributed by atoms with Crippen LogP contribution in [0.5, 0.6) is 0 Å². The van der Waals surface area contributed by atoms with Gasteiger partial charge in [-0.3, -0.25) is 0 Å². The first kappa shape index (κ1) is 28.2. The average molecular weight is 641 g/mol. The van der Waals surface area contributed by atoms with Gasteiger partial charge in [0.15, 0.2) is 17.5 Å². The minimum atomic E-state index is 0.593. The van der Waals surface area contributed by atoms with Gasteiger partial charge in [0.05, 0.1) is 11.0 Å². The minimum Gasteiger partial charge on any atom is -0.456 e. The lowest BCUT2D eigenvalue weighted by Crippen LogP contribution is -2.00. The molecule has 0 N–H and O–H groups in total. The van der Waals surface area contributed by atoms with E-state index < -0.39 is 0 Å². The molecule has 0 aliphatic carbocycles. The average Bonchev–Trinajstić information content (AvgIpc) is 3.74. The first-order valence-corrected chi connectivity index (χ1v) is 16.7. The van der Waals surface area contributed by atoms with E-state index in [1.807, 2.05) is 78.9 Å². The molecular formula is C45H28N4O. The lowest BCUT2D eigenvalue weighted by molar-refractivity contribution is 0.669. The van der Waals surface area contributed by atoms with E-state index in [-0.39, 0.29) is 0 Å². The number of benzene rings is 7. The fourth-order valence-corrected chi connectivity index (χ4v) is 7.13. The maximum absolute atomic E-state index is 6.56. The quantitative estimate of drug-likeness (QED) is 0.188. The summed E-state index contributed by atoms with van der Waals surface area (Å²) in [6.45, 7) is 0. The fraction of sp³-hybridized carbons (Fsp3) is 0. The van der Waals surface area contributed by atoms with Crippen LogP contribution in [-0.4, -0.2) is 19.5 Å². The minimum absolute atomic E-state index is 0.593. The van der Waals surface area contributed by atoms with Gasteiger partial charge in [-0.2, -0.15) is 0 Å². The molecule has 5 nitrogen and oxygen atoms in total. The summed E-state index contributed by atoms with van der Waals surface area (Å²) in [4.78, 5) is 15.2. The van der Waals surface area contributed by atoms with Crippen molar-refractivity contribution in [3.63, 3.8) is 0 Å². The summed E-state index contributed by atoms with van der Waals surface area (Å²) >= 11 is 0. The van der Waals surface area contributed by atoms with Gasteiger partial charge in [-0.25, -0.2) is 15.0 Å². The second kappa shape index (κ2) is 11.4. The molecular weight excluding hydrogens is 613 g/mol. The Kier molecular flexibility index (Phi) is 6.42. The number of hydrogen-bond donors (Lipinski definition) is 0. The van der Waals surface area contributed by atoms with Gasteiger partial charge in [-0.05, 0) is 53.6 Å². The molecule has 0 bridgehead atoms. The van der Waals surface area contributed by atoms with Gasteiger partial charge in [0, 0.05) is 43.9 Å². The predicted octanol–water partition coefficient (Wildman–Crippen LogP) is 11.5. The van der Waals surface area contributed by atoms with E-state index in [9.17, 15) is 0 Å². The molecule has 0 amide bonds. The highest BCUT2D eigenvalue weighted by molar-refractivity contribution is 6.14. The van der Waals surface area contributed by atoms with E-state index in [1.165, 1.54) is 16.3 Å². The van der Waals surface area contributed by atoms with Crippen LogP contribution in [0.3, 0.4) is 0 Å². The van der Waals surface area contributed by atoms with Crippen LogP contribution in [0.25, 0.3) is 94.7 Å². The molecule has 3 aromatic heterocycles. The smallest absolute Gasteiger partial charge is 0.164 e. The van der Waals surface area contributed by atoms with Crippen molar-refractivity contribution in [2.75, 3.05) is 0 Å². The van der Waals surface area contributed by atoms with Crippen molar-refractivity contribution in [2.45, 2.75) is 0 Å². The van der Waals surface area contributed by atoms with Crippen LogP contribution >= 0.6 is 0 Å². The number of aromatic nitrogens is 4. The SMILES string of the molecule is c1ccc(-c2nc(-c3ccccc3)nc(-c3cc(-c4ccc5c6ccccc6n(-c6ccccc6)c5c4)cc4oc5ccccc5c34)n2)cc1. The zero-order valence-corrected chi connectivity index (χ0v) is 26.9. The molecule has 0 unspecified atom stereocenters. The summed E-state index contributed by atoms with van der Waals surface area (Å²) in [5.74, 6) is 1.83. The molecule has 7 aromatic carbocycles. The van der Waals surface area contributed by atoms with E-state index in [1.54, 1.807) is 0 Å². The highest BCUT2D eigenvalue weighted by Crippen LogP contribution is 2.41. The molecule has 5 heteroatoms. The number of hydrogen-bond acceptors (Lipinski definition) is 4. The van der Waals surface area contributed by atoms with Crippen LogP contribution in [0.2, 0.25) is 0 Å². The molecule has 0 spiro atoms. The highest BCUT2D eigenvalue weighted by atomic mass is 16.3. The Balaban J connectivity index is 1.25. The molecule has 234 valence electrons. The maximum atomic E-state index is 6.56. The Labute approximate surface area is 287 Å². The molecule has 50 heavy (non-hydrogen) atoms. The van der Waals surface area contributed by atoms with Gasteiger partial charge in [-0.1, -0.05) is 127 Å². The Bertz CT molecular complexity index is 2800. The van der Waals surface area contributed by atoms with Crippen molar-refractivity contribution >= 4 is 43.7 Å². The molecule has 10 rings (SSSR count). The summed E-state index contributed by atoms with van der Waals surface area (Å²) in [5.41, 5.74) is 9.87. The van der Waals surface area contributed by atoms with Crippen LogP contribution in [0.1, 0.15) is 0 Å². The van der Waals surface area contributed by atoms with Crippen LogP contribution in [0, 0.1) is 0 Å². The van der Waals surface area contributed by atoms with E-state index in [0.29, 0.717) is 17.5 Å². The monoisotopic (exact) mass is 640 g/mol. The van der Waals surface area contributed by atoms with Gasteiger partial charge in [-0.15, -0.1) is 0 Å². The van der Waals surface area contributed by atoms with Crippen LogP contribution in [-0.2, 0) is 0 Å². The number of rotatable bonds is 5. The molecule has 0 radical (unpaired) electrons. The molecule has 0 fully saturated rings. The van der Waals surface area contributed by atoms with E-state index in [4.69, 9.17) is 19.4 Å². The summed E-state index contributed by atoms with van der Waals surface area (Å²) in [6.07, 6.45) is 0. The van der Waals surface area contributed by atoms with Crippen molar-refractivity contribution in [3.05, 3.63) is 170 Å². The Morgan fingerprint density at radius 2 is 0.960 bits per heavy atom. The topological polar surface area (TPSA) is 56.7 Å². The lowest BCUT2D eigenvalue weighted by atomic mass is 9.97. The van der Waals surface area contributed by atoms with Crippen molar-refractivity contribution in [2.24, 2.45) is 0 Å². The molecule has 0 aliphatic heterocycles. The van der Waals surface area contributed by atoms with Gasteiger partial charge in [0.25, 0.3) is 0 Å². The Morgan fingerprint density at radius 3 is 1.68 bits per heavy atom. The third-order valence-corrected chi connectivity index (χ3v) is 9.44. The van der Waals surface area contributed by atoms with Gasteiger partial charge >= 0.3 is 0 Å². The zero-order chi connectivity index (χ0) is 33.0. The number of fused-ring (bicyclic) bond motifs is 6. The largest absolute Gasteiger partial charge is 0.456 e. The van der Waals surface area contributed by atoms with Gasteiger partial charge in [0.2, 0.25) is 0 Å². The first-order valence-electron chi connectivity index (χ1n) is 16.7. The standard InChI is InChI=1S/C45H28N4O/c1-4-14-29(15-5-1)43-46-44(30-16-6-2-7-17-30)48-45(47-43)37-26-32(28-41-42(37)36-21-11-13-23-40(36)50-41)31-24-25-35-34-20-10-12-22-38(34)49(39(35)27-31)33-18-8-3-9-19-33/h1-28H. The van der Waals surface area contributed by atoms with Crippen molar-refractivity contribution < 1.29 is 4.42 Å². The van der Waals surface area contributed by atoms with Gasteiger partial charge in [0.1, 0.15) is 11.2 Å². The first-order chi connectivity index (χ1) is 24.8. The summed E-state index contributed by atoms with van der Waals surface area (Å²) in [6, 6.07) is 58.6. The van der Waals surface area contributed by atoms with E-state index >= 15 is 0 Å². The Morgan fingerprint density at radius 1 is 0.380 bits per heavy atom. The Hall–Kier alpha value is -6.85. The third-order valence-electron chi connectivity index (χ3n) is 9.44. The second-order valence-corrected chi connectivity index (χ2v) is 12.5. The molecule has 0 saturated heterocycles. The fourth-order valence-electron chi connectivity index (χ4n) is 7.13. The van der Waals surface area contributed by atoms with E-state index in [2.05, 4.69) is 95.6 Å². The zero-order valence-electron chi connectivity index (χ0n) is 26.9. The van der Waals surface area contributed by atoms with Crippen LogP contribution in [0.15, 0.2) is 174 Å². The van der Waals surface area contributed by atoms with Crippen LogP contribution < -0.4 is 0 Å². The summed E-state index contributed by atoms with van der Waals surface area (Å²) in [7, 11) is 0. The molecule has 3 heterocycles. The van der Waals surface area contributed by atoms with E-state index in [0.717, 1.165) is 61.0 Å². The van der Waals surface area contributed by atoms with Crippen molar-refractivity contribution in [1.29, 1.82) is 0 Å². The summed E-state index contributed by atoms with van der Waals surface area (Å²) in [5, 5.41) is 4.42. The number of furan rings is 1. The van der Waals surface area contributed by atoms with Crippen LogP contribution in [0.4, 0.5) is 0 Å². The molecule has 10 aromatic rings. The molecule has 0 aliphatic rings. The maximum Gasteiger partial charge on any atom is 0.164 e. The molecule has 0 saturated carbocycles. The normalized spacial score (nSPS) is 11.6. The van der Waals surface area contributed by atoms with Crippen molar-refractivity contribution in [3.8, 4) is 51.0 Å². The number of para-hydroxylation sites is 3. The highest BCUT2D eigenvalue weighted by Gasteiger charge is 2.20. The number of nitrogens with zero attached hydrogens (tertiary/aromatic N) is 4. The summed E-state index contributed by atoms with van der Waals surface area (Å²) < 4.78 is 8.90. The second-order valence-electron chi connectivity index (χ2n) is 12.5. The molecule has 0 atom stereocenters. The predicted molar refractivity (Wildman–Crippen MR) is 203 cm³/mol. The van der Waals surface area contributed by atoms with Gasteiger partial charge < -0.3 is 8.98 Å².